The van der Waals surface area contributed by atoms with Crippen molar-refractivity contribution in [3.05, 3.63) is 35.9 Å². The third-order valence-electron chi connectivity index (χ3n) is 7.39. The minimum Gasteiger partial charge on any atom is -0.340 e. The fraction of sp³-hybridized carbons (Fsp3) is 0.633. The van der Waals surface area contributed by atoms with E-state index in [1.807, 2.05) is 51.1 Å². The second kappa shape index (κ2) is 16.7. The van der Waals surface area contributed by atoms with Crippen molar-refractivity contribution in [2.45, 2.75) is 83.8 Å². The Balaban J connectivity index is 2.42. The Morgan fingerprint density at radius 2 is 1.68 bits per heavy atom. The third kappa shape index (κ3) is 9.43. The van der Waals surface area contributed by atoms with Crippen LogP contribution in [0.1, 0.15) is 64.9 Å². The molecule has 1 N–H and O–H groups in total. The number of likely N-dealkylation sites (N-methyl/N-ethyl adjacent to an activating group) is 2. The molecule has 1 aromatic carbocycles. The number of hydrazine groups is 1. The van der Waals surface area contributed by atoms with Gasteiger partial charge in [0.1, 0.15) is 12.3 Å². The lowest BCUT2D eigenvalue weighted by Gasteiger charge is -2.39. The third-order valence-corrected chi connectivity index (χ3v) is 7.39. The Bertz CT molecular complexity index is 966. The number of hydrogen-bond donors (Lipinski definition) is 1. The van der Waals surface area contributed by atoms with Gasteiger partial charge in [0.2, 0.25) is 12.3 Å². The van der Waals surface area contributed by atoms with Crippen molar-refractivity contribution in [1.82, 2.24) is 25.1 Å². The summed E-state index contributed by atoms with van der Waals surface area (Å²) in [5, 5.41) is 5.73. The number of carbonyl (C=O) groups is 5. The predicted molar refractivity (Wildman–Crippen MR) is 154 cm³/mol. The molecule has 0 aromatic heterocycles. The maximum atomic E-state index is 14.2. The quantitative estimate of drug-likeness (QED) is 0.190. The molecule has 2 rings (SSSR count). The first-order valence-corrected chi connectivity index (χ1v) is 14.4. The van der Waals surface area contributed by atoms with Crippen LogP contribution in [-0.4, -0.2) is 102 Å². The number of rotatable bonds is 16. The normalized spacial score (nSPS) is 15.7. The standard InChI is InChI=1S/C30H47N5O5/c1-6-7-18-35(33(5)25(21-36)20-24-14-10-8-11-15-24)30(40)27(29(39)34-16-12-9-13-17-34)31-28(38)26(19-23(2)3)32(4)22-37/h8,10-11,14-15,21-23,25-27H,6-7,9,12-13,16-20H2,1-5H3,(H,31,38)/t25-,26-,27+/m0/s1. The monoisotopic (exact) mass is 557 g/mol. The summed E-state index contributed by atoms with van der Waals surface area (Å²) in [5.74, 6) is -1.50. The molecule has 0 spiro atoms. The van der Waals surface area contributed by atoms with Crippen LogP contribution in [0.3, 0.4) is 0 Å². The first-order chi connectivity index (χ1) is 19.1. The average molecular weight is 558 g/mol. The Morgan fingerprint density at radius 1 is 1.02 bits per heavy atom. The first kappa shape index (κ1) is 32.9. The van der Waals surface area contributed by atoms with Gasteiger partial charge in [0, 0.05) is 33.7 Å². The van der Waals surface area contributed by atoms with E-state index in [4.69, 9.17) is 0 Å². The summed E-state index contributed by atoms with van der Waals surface area (Å²) >= 11 is 0. The van der Waals surface area contributed by atoms with Gasteiger partial charge in [-0.15, -0.1) is 0 Å². The minimum absolute atomic E-state index is 0.101. The lowest BCUT2D eigenvalue weighted by molar-refractivity contribution is -0.160. The van der Waals surface area contributed by atoms with Crippen molar-refractivity contribution < 1.29 is 24.0 Å². The molecule has 40 heavy (non-hydrogen) atoms. The number of carbonyl (C=O) groups excluding carboxylic acids is 5. The molecule has 1 aliphatic rings. The Labute approximate surface area is 239 Å². The summed E-state index contributed by atoms with van der Waals surface area (Å²) in [6.07, 6.45) is 6.24. The summed E-state index contributed by atoms with van der Waals surface area (Å²) in [5.41, 5.74) is 0.942. The molecular weight excluding hydrogens is 510 g/mol. The Kier molecular flexibility index (Phi) is 13.8. The van der Waals surface area contributed by atoms with E-state index in [0.29, 0.717) is 38.8 Å². The molecule has 10 heteroatoms. The highest BCUT2D eigenvalue weighted by Gasteiger charge is 2.39. The van der Waals surface area contributed by atoms with Gasteiger partial charge in [-0.2, -0.15) is 0 Å². The number of piperidine rings is 1. The van der Waals surface area contributed by atoms with E-state index in [9.17, 15) is 24.0 Å². The van der Waals surface area contributed by atoms with Crippen molar-refractivity contribution in [1.29, 1.82) is 0 Å². The molecule has 222 valence electrons. The average Bonchev–Trinajstić information content (AvgIpc) is 2.97. The molecule has 1 fully saturated rings. The van der Waals surface area contributed by atoms with Crippen molar-refractivity contribution >= 4 is 30.4 Å². The van der Waals surface area contributed by atoms with Gasteiger partial charge in [0.15, 0.2) is 6.04 Å². The van der Waals surface area contributed by atoms with E-state index in [1.165, 1.54) is 17.0 Å². The van der Waals surface area contributed by atoms with Crippen molar-refractivity contribution in [2.24, 2.45) is 5.92 Å². The molecule has 0 unspecified atom stereocenters. The zero-order valence-corrected chi connectivity index (χ0v) is 24.8. The van der Waals surface area contributed by atoms with E-state index in [0.717, 1.165) is 37.5 Å². The van der Waals surface area contributed by atoms with Gasteiger partial charge in [-0.1, -0.05) is 57.5 Å². The number of hydrogen-bond acceptors (Lipinski definition) is 6. The van der Waals surface area contributed by atoms with Gasteiger partial charge in [-0.25, -0.2) is 5.01 Å². The number of unbranched alkanes of at least 4 members (excludes halogenated alkanes) is 1. The molecule has 3 atom stereocenters. The van der Waals surface area contributed by atoms with E-state index in [1.54, 1.807) is 17.0 Å². The molecule has 1 heterocycles. The SMILES string of the molecule is CCCCN(C(=O)[C@H](NC(=O)[C@H](CC(C)C)N(C)C=O)C(=O)N1CCCCC1)N(C)[C@H](C=O)Cc1ccccc1. The van der Waals surface area contributed by atoms with Gasteiger partial charge in [-0.05, 0) is 50.0 Å². The zero-order chi connectivity index (χ0) is 29.7. The van der Waals surface area contributed by atoms with Crippen LogP contribution in [0, 0.1) is 5.92 Å². The van der Waals surface area contributed by atoms with Crippen LogP contribution >= 0.6 is 0 Å². The highest BCUT2D eigenvalue weighted by Crippen LogP contribution is 2.16. The number of nitrogens with zero attached hydrogens (tertiary/aromatic N) is 4. The van der Waals surface area contributed by atoms with E-state index in [2.05, 4.69) is 5.32 Å². The van der Waals surface area contributed by atoms with Crippen LogP contribution < -0.4 is 5.32 Å². The molecule has 0 radical (unpaired) electrons. The molecular formula is C30H47N5O5. The Hall–Kier alpha value is -3.27. The predicted octanol–water partition coefficient (Wildman–Crippen LogP) is 2.27. The lowest BCUT2D eigenvalue weighted by Crippen LogP contribution is -2.63. The Morgan fingerprint density at radius 3 is 2.23 bits per heavy atom. The summed E-state index contributed by atoms with van der Waals surface area (Å²) < 4.78 is 0. The number of benzene rings is 1. The highest BCUT2D eigenvalue weighted by atomic mass is 16.2. The number of aldehydes is 1. The zero-order valence-electron chi connectivity index (χ0n) is 24.8. The summed E-state index contributed by atoms with van der Waals surface area (Å²) in [4.78, 5) is 68.2. The van der Waals surface area contributed by atoms with Gasteiger partial charge < -0.3 is 19.9 Å². The summed E-state index contributed by atoms with van der Waals surface area (Å²) in [6, 6.07) is 6.57. The van der Waals surface area contributed by atoms with Gasteiger partial charge in [-0.3, -0.25) is 24.2 Å². The molecule has 10 nitrogen and oxygen atoms in total. The van der Waals surface area contributed by atoms with Gasteiger partial charge in [0.05, 0.1) is 6.04 Å². The number of amides is 4. The molecule has 0 aliphatic carbocycles. The second-order valence-electron chi connectivity index (χ2n) is 11.0. The largest absolute Gasteiger partial charge is 0.340 e. The smallest absolute Gasteiger partial charge is 0.269 e. The molecule has 4 amide bonds. The van der Waals surface area contributed by atoms with Crippen molar-refractivity contribution in [3.8, 4) is 0 Å². The molecule has 1 aromatic rings. The van der Waals surface area contributed by atoms with Gasteiger partial charge in [0.25, 0.3) is 11.8 Å². The first-order valence-electron chi connectivity index (χ1n) is 14.4. The van der Waals surface area contributed by atoms with Crippen LogP contribution in [0.2, 0.25) is 0 Å². The minimum atomic E-state index is -1.47. The molecule has 0 saturated carbocycles. The van der Waals surface area contributed by atoms with Crippen molar-refractivity contribution in [3.63, 3.8) is 0 Å². The van der Waals surface area contributed by atoms with Crippen molar-refractivity contribution in [2.75, 3.05) is 33.7 Å². The fourth-order valence-corrected chi connectivity index (χ4v) is 4.93. The van der Waals surface area contributed by atoms with E-state index in [-0.39, 0.29) is 12.5 Å². The summed E-state index contributed by atoms with van der Waals surface area (Å²) in [7, 11) is 3.18. The maximum Gasteiger partial charge on any atom is 0.269 e. The molecule has 1 saturated heterocycles. The lowest BCUT2D eigenvalue weighted by atomic mass is 10.0. The van der Waals surface area contributed by atoms with Crippen LogP contribution in [0.15, 0.2) is 30.3 Å². The maximum absolute atomic E-state index is 14.2. The van der Waals surface area contributed by atoms with Crippen LogP contribution in [-0.2, 0) is 30.4 Å². The summed E-state index contributed by atoms with van der Waals surface area (Å²) in [6.45, 7) is 7.18. The van der Waals surface area contributed by atoms with E-state index >= 15 is 0 Å². The second-order valence-corrected chi connectivity index (χ2v) is 11.0. The number of likely N-dealkylation sites (tertiary alicyclic amines) is 1. The topological polar surface area (TPSA) is 110 Å². The van der Waals surface area contributed by atoms with Gasteiger partial charge >= 0.3 is 0 Å². The van der Waals surface area contributed by atoms with Crippen LogP contribution in [0.5, 0.6) is 0 Å². The number of nitrogens with one attached hydrogen (secondary N) is 1. The van der Waals surface area contributed by atoms with Crippen LogP contribution in [0.25, 0.3) is 0 Å². The highest BCUT2D eigenvalue weighted by molar-refractivity contribution is 6.07. The molecule has 0 bridgehead atoms. The van der Waals surface area contributed by atoms with E-state index < -0.39 is 35.8 Å². The molecule has 1 aliphatic heterocycles. The fourth-order valence-electron chi connectivity index (χ4n) is 4.93. The van der Waals surface area contributed by atoms with Crippen LogP contribution in [0.4, 0.5) is 0 Å².